The molecule has 2 amide bonds. The number of hydrogen-bond donors (Lipinski definition) is 2. The topological polar surface area (TPSA) is 66.9 Å². The number of thioether (sulfide) groups is 1. The molecule has 0 bridgehead atoms. The molecule has 0 saturated carbocycles. The summed E-state index contributed by atoms with van der Waals surface area (Å²) in [4.78, 5) is 11.5. The molecule has 5 nitrogen and oxygen atoms in total. The highest BCUT2D eigenvalue weighted by Gasteiger charge is 2.15. The van der Waals surface area contributed by atoms with Crippen LogP contribution in [0.5, 0.6) is 0 Å². The number of anilines is 1. The molecular weight excluding hydrogens is 232 g/mol. The lowest BCUT2D eigenvalue weighted by atomic mass is 10.2. The Hall–Kier alpha value is -0.820. The van der Waals surface area contributed by atoms with E-state index in [2.05, 4.69) is 20.2 Å². The minimum Gasteiger partial charge on any atom is -0.335 e. The summed E-state index contributed by atoms with van der Waals surface area (Å²) in [6.07, 6.45) is 3.65. The van der Waals surface area contributed by atoms with Crippen LogP contribution in [0.3, 0.4) is 0 Å². The van der Waals surface area contributed by atoms with E-state index in [1.165, 1.54) is 11.5 Å². The molecule has 15 heavy (non-hydrogen) atoms. The molecule has 2 N–H and O–H groups in total. The summed E-state index contributed by atoms with van der Waals surface area (Å²) >= 11 is 3.12. The third kappa shape index (κ3) is 3.35. The Balaban J connectivity index is 1.76. The SMILES string of the molecule is O=C(Nc1cnns1)NC1CCSCC1. The molecule has 0 aliphatic carbocycles. The van der Waals surface area contributed by atoms with Gasteiger partial charge in [-0.25, -0.2) is 4.79 Å². The zero-order valence-electron chi connectivity index (χ0n) is 8.10. The number of hydrogen-bond acceptors (Lipinski definition) is 5. The van der Waals surface area contributed by atoms with Crippen LogP contribution in [0.25, 0.3) is 0 Å². The minimum absolute atomic E-state index is 0.155. The van der Waals surface area contributed by atoms with Gasteiger partial charge in [-0.1, -0.05) is 4.49 Å². The van der Waals surface area contributed by atoms with Crippen molar-refractivity contribution in [2.24, 2.45) is 0 Å². The third-order valence-electron chi connectivity index (χ3n) is 2.15. The summed E-state index contributed by atoms with van der Waals surface area (Å²) in [6.45, 7) is 0. The Morgan fingerprint density at radius 3 is 2.93 bits per heavy atom. The Morgan fingerprint density at radius 1 is 1.47 bits per heavy atom. The summed E-state index contributed by atoms with van der Waals surface area (Å²) < 4.78 is 3.67. The van der Waals surface area contributed by atoms with E-state index >= 15 is 0 Å². The fourth-order valence-electron chi connectivity index (χ4n) is 1.40. The van der Waals surface area contributed by atoms with Crippen molar-refractivity contribution in [1.29, 1.82) is 0 Å². The van der Waals surface area contributed by atoms with Gasteiger partial charge in [-0.2, -0.15) is 11.8 Å². The van der Waals surface area contributed by atoms with Crippen molar-refractivity contribution in [3.63, 3.8) is 0 Å². The highest BCUT2D eigenvalue weighted by atomic mass is 32.2. The van der Waals surface area contributed by atoms with Gasteiger partial charge in [-0.05, 0) is 24.3 Å². The Bertz CT molecular complexity index is 310. The Kier molecular flexibility index (Phi) is 3.79. The maximum Gasteiger partial charge on any atom is 0.320 e. The van der Waals surface area contributed by atoms with E-state index in [9.17, 15) is 4.79 Å². The van der Waals surface area contributed by atoms with Gasteiger partial charge in [-0.3, -0.25) is 5.32 Å². The fraction of sp³-hybridized carbons (Fsp3) is 0.625. The van der Waals surface area contributed by atoms with Gasteiger partial charge in [-0.15, -0.1) is 5.10 Å². The number of carbonyl (C=O) groups excluding carboxylic acids is 1. The van der Waals surface area contributed by atoms with E-state index in [-0.39, 0.29) is 6.03 Å². The number of rotatable bonds is 2. The molecule has 1 fully saturated rings. The second-order valence-electron chi connectivity index (χ2n) is 3.27. The van der Waals surface area contributed by atoms with Crippen LogP contribution in [0.4, 0.5) is 9.80 Å². The maximum atomic E-state index is 11.5. The summed E-state index contributed by atoms with van der Waals surface area (Å²) in [5.41, 5.74) is 0. The lowest BCUT2D eigenvalue weighted by Gasteiger charge is -2.22. The molecule has 7 heteroatoms. The zero-order chi connectivity index (χ0) is 10.5. The van der Waals surface area contributed by atoms with E-state index in [1.54, 1.807) is 6.20 Å². The molecule has 0 atom stereocenters. The number of aromatic nitrogens is 2. The quantitative estimate of drug-likeness (QED) is 0.828. The normalized spacial score (nSPS) is 17.3. The third-order valence-corrected chi connectivity index (χ3v) is 3.78. The molecule has 82 valence electrons. The van der Waals surface area contributed by atoms with Crippen LogP contribution >= 0.6 is 23.3 Å². The molecule has 1 saturated heterocycles. The van der Waals surface area contributed by atoms with Gasteiger partial charge < -0.3 is 5.32 Å². The predicted octanol–water partition coefficient (Wildman–Crippen LogP) is 1.56. The standard InChI is InChI=1S/C8H12N4OS2/c13-8(11-7-5-9-12-15-7)10-6-1-3-14-4-2-6/h5-6H,1-4H2,(H2,10,11,13). The average molecular weight is 244 g/mol. The summed E-state index contributed by atoms with van der Waals surface area (Å²) in [5, 5.41) is 9.97. The van der Waals surface area contributed by atoms with Gasteiger partial charge in [0.2, 0.25) is 0 Å². The van der Waals surface area contributed by atoms with E-state index in [1.807, 2.05) is 11.8 Å². The van der Waals surface area contributed by atoms with Crippen LogP contribution in [-0.2, 0) is 0 Å². The molecule has 2 rings (SSSR count). The summed E-state index contributed by atoms with van der Waals surface area (Å²) in [5.74, 6) is 2.26. The van der Waals surface area contributed by atoms with Crippen molar-refractivity contribution < 1.29 is 4.79 Å². The average Bonchev–Trinajstić information content (AvgIpc) is 2.71. The highest BCUT2D eigenvalue weighted by Crippen LogP contribution is 2.17. The first kappa shape index (κ1) is 10.7. The van der Waals surface area contributed by atoms with Crippen molar-refractivity contribution in [3.8, 4) is 0 Å². The van der Waals surface area contributed by atoms with Crippen LogP contribution in [-0.4, -0.2) is 33.2 Å². The van der Waals surface area contributed by atoms with Gasteiger partial charge in [0.1, 0.15) is 5.00 Å². The molecule has 1 aliphatic rings. The second kappa shape index (κ2) is 5.32. The largest absolute Gasteiger partial charge is 0.335 e. The van der Waals surface area contributed by atoms with Gasteiger partial charge in [0.15, 0.2) is 0 Å². The van der Waals surface area contributed by atoms with E-state index < -0.39 is 0 Å². The van der Waals surface area contributed by atoms with Gasteiger partial charge >= 0.3 is 6.03 Å². The maximum absolute atomic E-state index is 11.5. The molecule has 1 aromatic rings. The number of nitrogens with zero attached hydrogens (tertiary/aromatic N) is 2. The fourth-order valence-corrected chi connectivity index (χ4v) is 2.92. The van der Waals surface area contributed by atoms with Crippen LogP contribution in [0.15, 0.2) is 6.20 Å². The molecule has 1 aromatic heterocycles. The Morgan fingerprint density at radius 2 is 2.27 bits per heavy atom. The molecular formula is C8H12N4OS2. The predicted molar refractivity (Wildman–Crippen MR) is 62.4 cm³/mol. The summed E-state index contributed by atoms with van der Waals surface area (Å²) in [7, 11) is 0. The van der Waals surface area contributed by atoms with Crippen LogP contribution < -0.4 is 10.6 Å². The van der Waals surface area contributed by atoms with E-state index in [0.29, 0.717) is 11.0 Å². The first-order valence-corrected chi connectivity index (χ1v) is 6.70. The molecule has 0 aromatic carbocycles. The first-order chi connectivity index (χ1) is 7.34. The molecule has 2 heterocycles. The Labute approximate surface area is 96.2 Å². The lowest BCUT2D eigenvalue weighted by Crippen LogP contribution is -2.39. The molecule has 0 spiro atoms. The summed E-state index contributed by atoms with van der Waals surface area (Å²) in [6, 6.07) is 0.157. The number of nitrogens with one attached hydrogen (secondary N) is 2. The first-order valence-electron chi connectivity index (χ1n) is 4.77. The smallest absolute Gasteiger partial charge is 0.320 e. The van der Waals surface area contributed by atoms with Gasteiger partial charge in [0, 0.05) is 17.6 Å². The van der Waals surface area contributed by atoms with Crippen molar-refractivity contribution >= 4 is 34.3 Å². The van der Waals surface area contributed by atoms with Crippen LogP contribution in [0.2, 0.25) is 0 Å². The number of amides is 2. The van der Waals surface area contributed by atoms with Crippen molar-refractivity contribution in [2.75, 3.05) is 16.8 Å². The molecule has 0 radical (unpaired) electrons. The lowest BCUT2D eigenvalue weighted by molar-refractivity contribution is 0.247. The molecule has 0 unspecified atom stereocenters. The monoisotopic (exact) mass is 244 g/mol. The number of urea groups is 1. The van der Waals surface area contributed by atoms with Crippen LogP contribution in [0, 0.1) is 0 Å². The van der Waals surface area contributed by atoms with E-state index in [4.69, 9.17) is 0 Å². The minimum atomic E-state index is -0.155. The number of carbonyl (C=O) groups is 1. The van der Waals surface area contributed by atoms with Crippen molar-refractivity contribution in [1.82, 2.24) is 14.9 Å². The molecule has 1 aliphatic heterocycles. The highest BCUT2D eigenvalue weighted by molar-refractivity contribution is 7.99. The van der Waals surface area contributed by atoms with Crippen molar-refractivity contribution in [3.05, 3.63) is 6.20 Å². The van der Waals surface area contributed by atoms with Crippen molar-refractivity contribution in [2.45, 2.75) is 18.9 Å². The van der Waals surface area contributed by atoms with E-state index in [0.717, 1.165) is 24.3 Å². The van der Waals surface area contributed by atoms with Gasteiger partial charge in [0.25, 0.3) is 0 Å². The zero-order valence-corrected chi connectivity index (χ0v) is 9.74. The second-order valence-corrected chi connectivity index (χ2v) is 5.28. The van der Waals surface area contributed by atoms with Gasteiger partial charge in [0.05, 0.1) is 6.20 Å². The van der Waals surface area contributed by atoms with Crippen LogP contribution in [0.1, 0.15) is 12.8 Å².